The average molecular weight is 893 g/mol. The molecule has 8 nitrogen and oxygen atoms in total. The van der Waals surface area contributed by atoms with E-state index in [0.29, 0.717) is 71.6 Å². The van der Waals surface area contributed by atoms with Crippen molar-refractivity contribution in [3.8, 4) is 23.0 Å². The molecule has 0 saturated carbocycles. The standard InChI is InChI=1S/C48H60O8S4/c1-45(2,3)28-19-32-41(51)33(20-28)58-38-25-31(48(10,11)12)26-39(44(38)56-27-40(49)50)60-37-24-30(47(7,8)9)23-36-43(37)55-18-16-53-14-13-52-15-17-54-42-34(57-32)21-29(46(4,5)6)22-35(42)59-36/h19-26,51H,13-18,27H2,1-12H3,(H,49,50). The van der Waals surface area contributed by atoms with Crippen LogP contribution >= 0.6 is 47.0 Å². The minimum absolute atomic E-state index is 0.128. The zero-order chi connectivity index (χ0) is 43.8. The van der Waals surface area contributed by atoms with E-state index in [-0.39, 0.29) is 27.4 Å². The Balaban J connectivity index is 1.77. The van der Waals surface area contributed by atoms with Crippen molar-refractivity contribution >= 4 is 53.0 Å². The highest BCUT2D eigenvalue weighted by Crippen LogP contribution is 2.56. The number of ether oxygens (including phenoxy) is 5. The van der Waals surface area contributed by atoms with Crippen LogP contribution in [0.4, 0.5) is 0 Å². The van der Waals surface area contributed by atoms with Crippen LogP contribution in [0, 0.1) is 0 Å². The van der Waals surface area contributed by atoms with Crippen molar-refractivity contribution in [2.45, 2.75) is 144 Å². The van der Waals surface area contributed by atoms with Crippen LogP contribution in [0.3, 0.4) is 0 Å². The van der Waals surface area contributed by atoms with Crippen molar-refractivity contribution in [2.24, 2.45) is 0 Å². The van der Waals surface area contributed by atoms with E-state index in [0.717, 1.165) is 46.7 Å². The van der Waals surface area contributed by atoms with Crippen molar-refractivity contribution in [1.29, 1.82) is 0 Å². The molecule has 0 unspecified atom stereocenters. The molecule has 12 heteroatoms. The van der Waals surface area contributed by atoms with Crippen molar-refractivity contribution in [3.63, 3.8) is 0 Å². The highest BCUT2D eigenvalue weighted by Gasteiger charge is 2.30. The fraction of sp³-hybridized carbons (Fsp3) is 0.479. The van der Waals surface area contributed by atoms with Crippen LogP contribution in [0.15, 0.2) is 87.7 Å². The molecule has 2 aliphatic rings. The lowest BCUT2D eigenvalue weighted by Gasteiger charge is -2.28. The van der Waals surface area contributed by atoms with Crippen LogP contribution in [0.5, 0.6) is 23.0 Å². The van der Waals surface area contributed by atoms with Crippen LogP contribution in [0.25, 0.3) is 0 Å². The number of carbonyl (C=O) groups is 1. The monoisotopic (exact) mass is 892 g/mol. The van der Waals surface area contributed by atoms with Gasteiger partial charge < -0.3 is 33.9 Å². The van der Waals surface area contributed by atoms with Gasteiger partial charge in [0.1, 0.15) is 36.2 Å². The van der Waals surface area contributed by atoms with E-state index in [4.69, 9.17) is 23.7 Å². The molecule has 0 atom stereocenters. The highest BCUT2D eigenvalue weighted by molar-refractivity contribution is 8.01. The molecule has 10 bridgehead atoms. The molecule has 60 heavy (non-hydrogen) atoms. The Kier molecular flexibility index (Phi) is 14.1. The van der Waals surface area contributed by atoms with Gasteiger partial charge in [-0.15, -0.1) is 0 Å². The summed E-state index contributed by atoms with van der Waals surface area (Å²) in [5, 5.41) is 22.3. The van der Waals surface area contributed by atoms with Gasteiger partial charge in [0.25, 0.3) is 0 Å². The van der Waals surface area contributed by atoms with Crippen LogP contribution in [-0.4, -0.2) is 62.4 Å². The molecule has 0 saturated heterocycles. The van der Waals surface area contributed by atoms with Gasteiger partial charge in [-0.2, -0.15) is 0 Å². The van der Waals surface area contributed by atoms with Gasteiger partial charge in [-0.05, 0) is 92.4 Å². The van der Waals surface area contributed by atoms with Gasteiger partial charge in [0.15, 0.2) is 6.61 Å². The number of aliphatic carboxylic acids is 1. The quantitative estimate of drug-likeness (QED) is 0.180. The molecule has 2 aliphatic heterocycles. The van der Waals surface area contributed by atoms with Crippen molar-refractivity contribution < 1.29 is 38.7 Å². The highest BCUT2D eigenvalue weighted by atomic mass is 32.2. The van der Waals surface area contributed by atoms with Gasteiger partial charge >= 0.3 is 5.97 Å². The molecule has 0 radical (unpaired) electrons. The smallest absolute Gasteiger partial charge is 0.341 e. The summed E-state index contributed by atoms with van der Waals surface area (Å²) in [4.78, 5) is 18.5. The summed E-state index contributed by atoms with van der Waals surface area (Å²) >= 11 is 5.97. The maximum atomic E-state index is 12.4. The van der Waals surface area contributed by atoms with Crippen LogP contribution in [-0.2, 0) is 35.9 Å². The molecule has 0 fully saturated rings. The maximum absolute atomic E-state index is 12.4. The van der Waals surface area contributed by atoms with Gasteiger partial charge in [0, 0.05) is 0 Å². The van der Waals surface area contributed by atoms with Gasteiger partial charge in [-0.3, -0.25) is 0 Å². The van der Waals surface area contributed by atoms with E-state index in [9.17, 15) is 15.0 Å². The fourth-order valence-electron chi connectivity index (χ4n) is 6.42. The lowest BCUT2D eigenvalue weighted by molar-refractivity contribution is -0.139. The van der Waals surface area contributed by atoms with Gasteiger partial charge in [0.05, 0.1) is 65.6 Å². The molecule has 0 spiro atoms. The summed E-state index contributed by atoms with van der Waals surface area (Å²) in [5.41, 5.74) is 3.31. The Morgan fingerprint density at radius 3 is 1.13 bits per heavy atom. The maximum Gasteiger partial charge on any atom is 0.341 e. The minimum atomic E-state index is -1.08. The lowest BCUT2D eigenvalue weighted by Crippen LogP contribution is -2.15. The molecule has 324 valence electrons. The van der Waals surface area contributed by atoms with E-state index in [2.05, 4.69) is 126 Å². The zero-order valence-corrected chi connectivity index (χ0v) is 40.3. The number of phenolic OH excluding ortho intramolecular Hbond substituents is 1. The number of fused-ring (bicyclic) bond motifs is 4. The number of carboxylic acids is 1. The van der Waals surface area contributed by atoms with E-state index >= 15 is 0 Å². The molecule has 0 aromatic heterocycles. The predicted octanol–water partition coefficient (Wildman–Crippen LogP) is 12.8. The molecule has 4 aromatic rings. The fourth-order valence-corrected chi connectivity index (χ4v) is 11.1. The summed E-state index contributed by atoms with van der Waals surface area (Å²) in [6.07, 6.45) is 0. The molecule has 0 amide bonds. The SMILES string of the molecule is CC(C)(C)c1cc2c(O)c(c1)Sc1cc(C(C)(C)C)cc(c1OCC(=O)O)Sc1cc(C(C)(C)C)cc3c1OCCOCCOCCOc1c(cc(C(C)(C)C)cc1S3)S2. The second-order valence-corrected chi connectivity index (χ2v) is 23.6. The molecule has 2 N–H and O–H groups in total. The Bertz CT molecular complexity index is 2220. The first-order valence-electron chi connectivity index (χ1n) is 20.4. The summed E-state index contributed by atoms with van der Waals surface area (Å²) in [6, 6.07) is 17.1. The zero-order valence-electron chi connectivity index (χ0n) is 37.0. The Morgan fingerprint density at radius 2 is 0.783 bits per heavy atom. The number of benzene rings is 4. The number of carboxylic acid groups (broad SMARTS) is 1. The number of phenols is 1. The number of hydrogen-bond acceptors (Lipinski definition) is 11. The van der Waals surface area contributed by atoms with E-state index in [1.807, 2.05) is 6.07 Å². The molecular formula is C48H60O8S4. The van der Waals surface area contributed by atoms with Crippen molar-refractivity contribution in [1.82, 2.24) is 0 Å². The van der Waals surface area contributed by atoms with E-state index < -0.39 is 12.6 Å². The Labute approximate surface area is 373 Å². The normalized spacial score (nSPS) is 15.7. The first-order valence-corrected chi connectivity index (χ1v) is 23.7. The summed E-state index contributed by atoms with van der Waals surface area (Å²) < 4.78 is 31.7. The van der Waals surface area contributed by atoms with E-state index in [1.54, 1.807) is 11.8 Å². The van der Waals surface area contributed by atoms with Crippen LogP contribution in [0.1, 0.15) is 105 Å². The molecular weight excluding hydrogens is 833 g/mol. The number of aromatic hydroxyl groups is 1. The molecule has 2 heterocycles. The van der Waals surface area contributed by atoms with Crippen molar-refractivity contribution in [3.05, 3.63) is 70.8 Å². The molecule has 6 rings (SSSR count). The largest absolute Gasteiger partial charge is 0.506 e. The minimum Gasteiger partial charge on any atom is -0.506 e. The number of hydrogen-bond donors (Lipinski definition) is 2. The molecule has 0 aliphatic carbocycles. The summed E-state index contributed by atoms with van der Waals surface area (Å²) in [7, 11) is 0. The van der Waals surface area contributed by atoms with E-state index in [1.165, 1.54) is 35.3 Å². The third kappa shape index (κ3) is 11.3. The topological polar surface area (TPSA) is 104 Å². The average Bonchev–Trinajstić information content (AvgIpc) is 3.13. The van der Waals surface area contributed by atoms with Crippen LogP contribution < -0.4 is 14.2 Å². The summed E-state index contributed by atoms with van der Waals surface area (Å²) in [6.45, 7) is 27.9. The Morgan fingerprint density at radius 1 is 0.500 bits per heavy atom. The number of rotatable bonds is 3. The lowest BCUT2D eigenvalue weighted by atomic mass is 9.87. The third-order valence-electron chi connectivity index (χ3n) is 10.1. The molecule has 4 aromatic carbocycles. The van der Waals surface area contributed by atoms with Gasteiger partial charge in [-0.1, -0.05) is 130 Å². The van der Waals surface area contributed by atoms with Crippen molar-refractivity contribution in [2.75, 3.05) is 46.2 Å². The second-order valence-electron chi connectivity index (χ2n) is 19.2. The van der Waals surface area contributed by atoms with Gasteiger partial charge in [0.2, 0.25) is 0 Å². The first-order chi connectivity index (χ1) is 28.0. The Hall–Kier alpha value is -3.13. The third-order valence-corrected chi connectivity index (χ3v) is 14.3. The predicted molar refractivity (Wildman–Crippen MR) is 244 cm³/mol. The second kappa shape index (κ2) is 18.3. The summed E-state index contributed by atoms with van der Waals surface area (Å²) in [5.74, 6) is 0.879. The first kappa shape index (κ1) is 46.4. The van der Waals surface area contributed by atoms with Gasteiger partial charge in [-0.25, -0.2) is 4.79 Å². The van der Waals surface area contributed by atoms with Crippen LogP contribution in [0.2, 0.25) is 0 Å².